The van der Waals surface area contributed by atoms with Gasteiger partial charge in [0.1, 0.15) is 0 Å². The van der Waals surface area contributed by atoms with Gasteiger partial charge in [0.15, 0.2) is 5.75 Å². The Labute approximate surface area is 127 Å². The Morgan fingerprint density at radius 2 is 1.81 bits per heavy atom. The van der Waals surface area contributed by atoms with E-state index in [2.05, 4.69) is 4.98 Å². The molecule has 0 radical (unpaired) electrons. The number of aromatic amines is 1. The van der Waals surface area contributed by atoms with Crippen LogP contribution in [0.5, 0.6) is 5.75 Å². The summed E-state index contributed by atoms with van der Waals surface area (Å²) in [4.78, 5) is 3.17. The lowest BCUT2D eigenvalue weighted by Crippen LogP contribution is -2.06. The van der Waals surface area contributed by atoms with Crippen molar-refractivity contribution in [3.05, 3.63) is 53.6 Å². The Bertz CT molecular complexity index is 901. The number of aromatic nitrogens is 1. The van der Waals surface area contributed by atoms with E-state index in [9.17, 15) is 8.42 Å². The van der Waals surface area contributed by atoms with Crippen LogP contribution in [0.15, 0.2) is 48.5 Å². The highest BCUT2D eigenvalue weighted by Crippen LogP contribution is 2.38. The number of halogens is 1. The third-order valence-electron chi connectivity index (χ3n) is 3.01. The summed E-state index contributed by atoms with van der Waals surface area (Å²) in [6.45, 7) is 0. The van der Waals surface area contributed by atoms with E-state index in [4.69, 9.17) is 15.8 Å². The average Bonchev–Trinajstić information content (AvgIpc) is 2.76. The van der Waals surface area contributed by atoms with Crippen molar-refractivity contribution in [2.24, 2.45) is 0 Å². The summed E-state index contributed by atoms with van der Waals surface area (Å²) in [6.07, 6.45) is 1.02. The molecular weight excluding hydrogens is 310 g/mol. The van der Waals surface area contributed by atoms with Crippen molar-refractivity contribution in [2.45, 2.75) is 0 Å². The first-order chi connectivity index (χ1) is 9.94. The number of hydrogen-bond donors (Lipinski definition) is 1. The molecule has 2 aromatic carbocycles. The minimum Gasteiger partial charge on any atom is -0.380 e. The van der Waals surface area contributed by atoms with Crippen LogP contribution in [0.4, 0.5) is 0 Å². The lowest BCUT2D eigenvalue weighted by atomic mass is 10.1. The fourth-order valence-electron chi connectivity index (χ4n) is 2.19. The first-order valence-corrected chi connectivity index (χ1v) is 8.39. The first kappa shape index (κ1) is 14.0. The Morgan fingerprint density at radius 1 is 1.10 bits per heavy atom. The van der Waals surface area contributed by atoms with E-state index >= 15 is 0 Å². The maximum Gasteiger partial charge on any atom is 0.306 e. The fourth-order valence-corrected chi connectivity index (χ4v) is 2.84. The lowest BCUT2D eigenvalue weighted by Gasteiger charge is -2.05. The van der Waals surface area contributed by atoms with Crippen molar-refractivity contribution in [2.75, 3.05) is 6.26 Å². The molecule has 3 rings (SSSR count). The zero-order valence-corrected chi connectivity index (χ0v) is 12.7. The number of benzene rings is 2. The van der Waals surface area contributed by atoms with Crippen molar-refractivity contribution in [1.29, 1.82) is 0 Å². The van der Waals surface area contributed by atoms with Crippen LogP contribution in [-0.4, -0.2) is 19.7 Å². The molecule has 0 aliphatic carbocycles. The Kier molecular flexibility index (Phi) is 3.39. The molecule has 0 amide bonds. The van der Waals surface area contributed by atoms with Gasteiger partial charge in [-0.1, -0.05) is 41.9 Å². The quantitative estimate of drug-likeness (QED) is 0.746. The van der Waals surface area contributed by atoms with Gasteiger partial charge in [0.05, 0.1) is 17.5 Å². The van der Waals surface area contributed by atoms with Crippen molar-refractivity contribution in [3.8, 4) is 17.0 Å². The molecule has 108 valence electrons. The monoisotopic (exact) mass is 321 g/mol. The van der Waals surface area contributed by atoms with E-state index in [1.54, 1.807) is 18.2 Å². The van der Waals surface area contributed by atoms with Crippen molar-refractivity contribution in [3.63, 3.8) is 0 Å². The second kappa shape index (κ2) is 5.09. The van der Waals surface area contributed by atoms with Crippen LogP contribution in [0.25, 0.3) is 22.2 Å². The summed E-state index contributed by atoms with van der Waals surface area (Å²) < 4.78 is 28.2. The van der Waals surface area contributed by atoms with Gasteiger partial charge in [-0.05, 0) is 18.2 Å². The molecular formula is C15H12ClNO3S. The van der Waals surface area contributed by atoms with Crippen LogP contribution in [0.2, 0.25) is 5.02 Å². The molecule has 0 spiro atoms. The topological polar surface area (TPSA) is 59.2 Å². The highest BCUT2D eigenvalue weighted by molar-refractivity contribution is 7.86. The summed E-state index contributed by atoms with van der Waals surface area (Å²) >= 11 is 5.98. The molecule has 0 bridgehead atoms. The number of rotatable bonds is 3. The standard InChI is InChI=1S/C15H12ClNO3S/c1-21(18,19)20-15-12-8-7-11(16)9-13(12)17-14(15)10-5-3-2-4-6-10/h2-9,17H,1H3. The van der Waals surface area contributed by atoms with E-state index in [0.717, 1.165) is 17.3 Å². The third-order valence-corrected chi connectivity index (χ3v) is 3.71. The summed E-state index contributed by atoms with van der Waals surface area (Å²) in [5, 5.41) is 1.23. The number of H-pyrrole nitrogens is 1. The molecule has 0 fully saturated rings. The molecule has 1 N–H and O–H groups in total. The van der Waals surface area contributed by atoms with Gasteiger partial charge in [0.2, 0.25) is 0 Å². The number of nitrogens with one attached hydrogen (secondary N) is 1. The van der Waals surface area contributed by atoms with Crippen LogP contribution in [-0.2, 0) is 10.1 Å². The molecule has 21 heavy (non-hydrogen) atoms. The summed E-state index contributed by atoms with van der Waals surface area (Å²) in [7, 11) is -3.63. The Hall–Kier alpha value is -1.98. The first-order valence-electron chi connectivity index (χ1n) is 6.20. The minimum atomic E-state index is -3.63. The number of hydrogen-bond acceptors (Lipinski definition) is 3. The van der Waals surface area contributed by atoms with Gasteiger partial charge in [-0.15, -0.1) is 0 Å². The lowest BCUT2D eigenvalue weighted by molar-refractivity contribution is 0.496. The Morgan fingerprint density at radius 3 is 2.48 bits per heavy atom. The molecule has 0 atom stereocenters. The van der Waals surface area contributed by atoms with Gasteiger partial charge >= 0.3 is 10.1 Å². The summed E-state index contributed by atoms with van der Waals surface area (Å²) in [6, 6.07) is 14.6. The zero-order chi connectivity index (χ0) is 15.0. The van der Waals surface area contributed by atoms with Gasteiger partial charge < -0.3 is 9.17 Å². The smallest absolute Gasteiger partial charge is 0.306 e. The average molecular weight is 322 g/mol. The predicted molar refractivity (Wildman–Crippen MR) is 84.2 cm³/mol. The van der Waals surface area contributed by atoms with Gasteiger partial charge in [-0.3, -0.25) is 0 Å². The van der Waals surface area contributed by atoms with E-state index < -0.39 is 10.1 Å². The molecule has 1 heterocycles. The second-order valence-electron chi connectivity index (χ2n) is 4.67. The van der Waals surface area contributed by atoms with Gasteiger partial charge in [-0.25, -0.2) is 0 Å². The van der Waals surface area contributed by atoms with Gasteiger partial charge in [0, 0.05) is 16.0 Å². The third kappa shape index (κ3) is 2.89. The summed E-state index contributed by atoms with van der Waals surface area (Å²) in [5.74, 6) is 0.287. The molecule has 3 aromatic rings. The van der Waals surface area contributed by atoms with Crippen LogP contribution in [0, 0.1) is 0 Å². The molecule has 0 aliphatic rings. The Balaban J connectivity index is 2.29. The maximum absolute atomic E-state index is 11.5. The normalized spacial score (nSPS) is 11.7. The molecule has 1 aromatic heterocycles. The van der Waals surface area contributed by atoms with E-state index in [0.29, 0.717) is 16.1 Å². The van der Waals surface area contributed by atoms with Crippen molar-refractivity contribution >= 4 is 32.6 Å². The molecule has 0 unspecified atom stereocenters. The summed E-state index contributed by atoms with van der Waals surface area (Å²) in [5.41, 5.74) is 2.17. The van der Waals surface area contributed by atoms with E-state index in [-0.39, 0.29) is 5.75 Å². The van der Waals surface area contributed by atoms with Crippen LogP contribution in [0.1, 0.15) is 0 Å². The molecule has 0 saturated carbocycles. The maximum atomic E-state index is 11.5. The van der Waals surface area contributed by atoms with Crippen molar-refractivity contribution < 1.29 is 12.6 Å². The number of fused-ring (bicyclic) bond motifs is 1. The van der Waals surface area contributed by atoms with E-state index in [1.165, 1.54) is 0 Å². The molecule has 0 aliphatic heterocycles. The van der Waals surface area contributed by atoms with Crippen LogP contribution >= 0.6 is 11.6 Å². The van der Waals surface area contributed by atoms with Gasteiger partial charge in [-0.2, -0.15) is 8.42 Å². The fraction of sp³-hybridized carbons (Fsp3) is 0.0667. The minimum absolute atomic E-state index is 0.287. The zero-order valence-electron chi connectivity index (χ0n) is 11.1. The molecule has 0 saturated heterocycles. The molecule has 6 heteroatoms. The van der Waals surface area contributed by atoms with E-state index in [1.807, 2.05) is 30.3 Å². The largest absolute Gasteiger partial charge is 0.380 e. The van der Waals surface area contributed by atoms with Crippen LogP contribution in [0.3, 0.4) is 0 Å². The predicted octanol–water partition coefficient (Wildman–Crippen LogP) is 3.83. The van der Waals surface area contributed by atoms with Crippen molar-refractivity contribution in [1.82, 2.24) is 4.98 Å². The van der Waals surface area contributed by atoms with Gasteiger partial charge in [0.25, 0.3) is 0 Å². The SMILES string of the molecule is CS(=O)(=O)Oc1c(-c2ccccc2)[nH]c2cc(Cl)ccc12. The van der Waals surface area contributed by atoms with Crippen LogP contribution < -0.4 is 4.18 Å². The highest BCUT2D eigenvalue weighted by atomic mass is 35.5. The molecule has 4 nitrogen and oxygen atoms in total. The second-order valence-corrected chi connectivity index (χ2v) is 6.68. The highest BCUT2D eigenvalue weighted by Gasteiger charge is 2.18.